The first kappa shape index (κ1) is 12.3. The minimum Gasteiger partial charge on any atom is -0.481 e. The van der Waals surface area contributed by atoms with Crippen LogP contribution in [-0.4, -0.2) is 22.9 Å². The maximum atomic E-state index is 11.5. The Morgan fingerprint density at radius 1 is 1.11 bits per heavy atom. The summed E-state index contributed by atoms with van der Waals surface area (Å²) in [5.74, 6) is -1.21. The SMILES string of the molecule is O=C(O)CCc1ccc(N2C(=O)CCC2=O)cc1. The van der Waals surface area contributed by atoms with Crippen LogP contribution >= 0.6 is 0 Å². The number of hydrogen-bond acceptors (Lipinski definition) is 3. The molecule has 0 unspecified atom stereocenters. The zero-order valence-corrected chi connectivity index (χ0v) is 9.76. The number of amides is 2. The zero-order valence-electron chi connectivity index (χ0n) is 9.76. The number of carbonyl (C=O) groups excluding carboxylic acids is 2. The van der Waals surface area contributed by atoms with Crippen LogP contribution in [0.25, 0.3) is 0 Å². The average molecular weight is 247 g/mol. The van der Waals surface area contributed by atoms with Crippen molar-refractivity contribution in [2.24, 2.45) is 0 Å². The molecule has 0 bridgehead atoms. The van der Waals surface area contributed by atoms with Crippen LogP contribution in [0.3, 0.4) is 0 Å². The van der Waals surface area contributed by atoms with E-state index in [1.54, 1.807) is 24.3 Å². The van der Waals surface area contributed by atoms with Gasteiger partial charge in [0.05, 0.1) is 5.69 Å². The number of aryl methyl sites for hydroxylation is 1. The van der Waals surface area contributed by atoms with E-state index >= 15 is 0 Å². The molecule has 2 rings (SSSR count). The highest BCUT2D eigenvalue weighted by molar-refractivity contribution is 6.19. The van der Waals surface area contributed by atoms with E-state index in [2.05, 4.69) is 0 Å². The molecule has 0 saturated carbocycles. The number of nitrogens with zero attached hydrogens (tertiary/aromatic N) is 1. The number of benzene rings is 1. The van der Waals surface area contributed by atoms with Gasteiger partial charge in [-0.3, -0.25) is 19.3 Å². The normalized spacial score (nSPS) is 15.2. The van der Waals surface area contributed by atoms with Gasteiger partial charge in [-0.2, -0.15) is 0 Å². The van der Waals surface area contributed by atoms with E-state index in [0.29, 0.717) is 12.1 Å². The molecular formula is C13H13NO4. The quantitative estimate of drug-likeness (QED) is 0.815. The van der Waals surface area contributed by atoms with Gasteiger partial charge < -0.3 is 5.11 Å². The number of anilines is 1. The number of aliphatic carboxylic acids is 1. The standard InChI is InChI=1S/C13H13NO4/c15-11-6-7-12(16)14(11)10-4-1-9(2-5-10)3-8-13(17)18/h1-2,4-5H,3,6-8H2,(H,17,18). The molecule has 1 aromatic rings. The number of rotatable bonds is 4. The number of imide groups is 1. The molecule has 5 nitrogen and oxygen atoms in total. The lowest BCUT2D eigenvalue weighted by atomic mass is 10.1. The van der Waals surface area contributed by atoms with Crippen molar-refractivity contribution >= 4 is 23.5 Å². The van der Waals surface area contributed by atoms with Crippen molar-refractivity contribution in [2.45, 2.75) is 25.7 Å². The molecule has 1 saturated heterocycles. The summed E-state index contributed by atoms with van der Waals surface area (Å²) >= 11 is 0. The number of carboxylic acids is 1. The fourth-order valence-electron chi connectivity index (χ4n) is 1.93. The fourth-order valence-corrected chi connectivity index (χ4v) is 1.93. The van der Waals surface area contributed by atoms with Gasteiger partial charge in [0, 0.05) is 19.3 Å². The Balaban J connectivity index is 2.10. The topological polar surface area (TPSA) is 74.7 Å². The molecule has 1 aliphatic rings. The Morgan fingerprint density at radius 2 is 1.67 bits per heavy atom. The van der Waals surface area contributed by atoms with E-state index in [4.69, 9.17) is 5.11 Å². The molecule has 0 radical (unpaired) electrons. The first-order chi connectivity index (χ1) is 8.58. The molecule has 0 spiro atoms. The van der Waals surface area contributed by atoms with Crippen LogP contribution < -0.4 is 4.90 Å². The minimum absolute atomic E-state index is 0.0704. The van der Waals surface area contributed by atoms with Gasteiger partial charge in [0.15, 0.2) is 0 Å². The summed E-state index contributed by atoms with van der Waals surface area (Å²) in [6.45, 7) is 0. The Labute approximate surface area is 104 Å². The van der Waals surface area contributed by atoms with E-state index in [-0.39, 0.29) is 31.1 Å². The Kier molecular flexibility index (Phi) is 3.41. The minimum atomic E-state index is -0.844. The van der Waals surface area contributed by atoms with Crippen molar-refractivity contribution < 1.29 is 19.5 Å². The van der Waals surface area contributed by atoms with Gasteiger partial charge >= 0.3 is 5.97 Å². The summed E-state index contributed by atoms with van der Waals surface area (Å²) in [4.78, 5) is 34.6. The fraction of sp³-hybridized carbons (Fsp3) is 0.308. The Bertz CT molecular complexity index is 476. The molecule has 1 aromatic carbocycles. The van der Waals surface area contributed by atoms with E-state index in [9.17, 15) is 14.4 Å². The molecule has 1 fully saturated rings. The molecule has 18 heavy (non-hydrogen) atoms. The van der Waals surface area contributed by atoms with E-state index in [1.807, 2.05) is 0 Å². The number of carbonyl (C=O) groups is 3. The maximum Gasteiger partial charge on any atom is 0.303 e. The van der Waals surface area contributed by atoms with Gasteiger partial charge in [0.1, 0.15) is 0 Å². The summed E-state index contributed by atoms with van der Waals surface area (Å²) in [5.41, 5.74) is 1.43. The largest absolute Gasteiger partial charge is 0.481 e. The first-order valence-corrected chi connectivity index (χ1v) is 5.74. The van der Waals surface area contributed by atoms with Crippen LogP contribution in [0.5, 0.6) is 0 Å². The van der Waals surface area contributed by atoms with Gasteiger partial charge in [-0.05, 0) is 24.1 Å². The highest BCUT2D eigenvalue weighted by Crippen LogP contribution is 2.22. The van der Waals surface area contributed by atoms with E-state index in [0.717, 1.165) is 5.56 Å². The van der Waals surface area contributed by atoms with Crippen molar-refractivity contribution in [2.75, 3.05) is 4.90 Å². The third-order valence-electron chi connectivity index (χ3n) is 2.87. The van der Waals surface area contributed by atoms with Crippen molar-refractivity contribution in [1.82, 2.24) is 0 Å². The molecule has 5 heteroatoms. The summed E-state index contributed by atoms with van der Waals surface area (Å²) < 4.78 is 0. The van der Waals surface area contributed by atoms with E-state index in [1.165, 1.54) is 4.90 Å². The van der Waals surface area contributed by atoms with Gasteiger partial charge in [0.2, 0.25) is 11.8 Å². The lowest BCUT2D eigenvalue weighted by Gasteiger charge is -2.13. The highest BCUT2D eigenvalue weighted by Gasteiger charge is 2.29. The first-order valence-electron chi connectivity index (χ1n) is 5.74. The molecular weight excluding hydrogens is 234 g/mol. The molecule has 1 N–H and O–H groups in total. The van der Waals surface area contributed by atoms with E-state index < -0.39 is 5.97 Å². The number of hydrogen-bond donors (Lipinski definition) is 1. The average Bonchev–Trinajstić information content (AvgIpc) is 2.67. The molecule has 0 aromatic heterocycles. The predicted molar refractivity (Wildman–Crippen MR) is 64.1 cm³/mol. The van der Waals surface area contributed by atoms with Crippen molar-refractivity contribution in [3.8, 4) is 0 Å². The molecule has 0 atom stereocenters. The summed E-state index contributed by atoms with van der Waals surface area (Å²) in [5, 5.41) is 8.57. The highest BCUT2D eigenvalue weighted by atomic mass is 16.4. The van der Waals surface area contributed by atoms with Crippen LogP contribution in [0.4, 0.5) is 5.69 Å². The van der Waals surface area contributed by atoms with Crippen molar-refractivity contribution in [3.63, 3.8) is 0 Å². The molecule has 94 valence electrons. The second-order valence-corrected chi connectivity index (χ2v) is 4.18. The van der Waals surface area contributed by atoms with Gasteiger partial charge in [-0.15, -0.1) is 0 Å². The number of carboxylic acid groups (broad SMARTS) is 1. The molecule has 0 aliphatic carbocycles. The molecule has 2 amide bonds. The van der Waals surface area contributed by atoms with Crippen LogP contribution in [0.2, 0.25) is 0 Å². The third kappa shape index (κ3) is 2.56. The van der Waals surface area contributed by atoms with Gasteiger partial charge in [-0.25, -0.2) is 0 Å². The van der Waals surface area contributed by atoms with Crippen molar-refractivity contribution in [3.05, 3.63) is 29.8 Å². The maximum absolute atomic E-state index is 11.5. The molecule has 1 heterocycles. The second-order valence-electron chi connectivity index (χ2n) is 4.18. The smallest absolute Gasteiger partial charge is 0.303 e. The Hall–Kier alpha value is -2.17. The van der Waals surface area contributed by atoms with Crippen molar-refractivity contribution in [1.29, 1.82) is 0 Å². The summed E-state index contributed by atoms with van der Waals surface area (Å²) in [7, 11) is 0. The molecule has 1 aliphatic heterocycles. The van der Waals surface area contributed by atoms with Gasteiger partial charge in [0.25, 0.3) is 0 Å². The third-order valence-corrected chi connectivity index (χ3v) is 2.87. The summed E-state index contributed by atoms with van der Waals surface area (Å²) in [6, 6.07) is 6.85. The van der Waals surface area contributed by atoms with Crippen LogP contribution in [0.15, 0.2) is 24.3 Å². The van der Waals surface area contributed by atoms with Crippen LogP contribution in [0.1, 0.15) is 24.8 Å². The lowest BCUT2D eigenvalue weighted by molar-refractivity contribution is -0.137. The zero-order chi connectivity index (χ0) is 13.1. The summed E-state index contributed by atoms with van der Waals surface area (Å²) in [6.07, 6.45) is 1.04. The lowest BCUT2D eigenvalue weighted by Crippen LogP contribution is -2.28. The Morgan fingerprint density at radius 3 is 2.17 bits per heavy atom. The van der Waals surface area contributed by atoms with Gasteiger partial charge in [-0.1, -0.05) is 12.1 Å². The van der Waals surface area contributed by atoms with Crippen LogP contribution in [0, 0.1) is 0 Å². The monoisotopic (exact) mass is 247 g/mol. The van der Waals surface area contributed by atoms with Crippen LogP contribution in [-0.2, 0) is 20.8 Å². The second kappa shape index (κ2) is 5.00. The predicted octanol–water partition coefficient (Wildman–Crippen LogP) is 1.36.